The summed E-state index contributed by atoms with van der Waals surface area (Å²) in [6, 6.07) is 17.9. The maximum atomic E-state index is 12.4. The molecule has 3 nitrogen and oxygen atoms in total. The van der Waals surface area contributed by atoms with Crippen molar-refractivity contribution in [2.75, 3.05) is 18.9 Å². The number of carbonyl (C=O) groups excluding carboxylic acids is 1. The van der Waals surface area contributed by atoms with Crippen molar-refractivity contribution in [3.8, 4) is 0 Å². The molecule has 0 saturated carbocycles. The van der Waals surface area contributed by atoms with Gasteiger partial charge in [-0.05, 0) is 31.7 Å². The van der Waals surface area contributed by atoms with E-state index in [1.807, 2.05) is 56.6 Å². The molecular weight excluding hydrogens is 235 g/mol. The predicted octanol–water partition coefficient (Wildman–Crippen LogP) is 1.60. The second-order valence-corrected chi connectivity index (χ2v) is 4.83. The number of hydrogen-bond acceptors (Lipinski definition) is 2. The summed E-state index contributed by atoms with van der Waals surface area (Å²) in [5.41, 5.74) is 2.87. The normalized spacial score (nSPS) is 14.6. The number of para-hydroxylation sites is 1. The van der Waals surface area contributed by atoms with Gasteiger partial charge in [0.15, 0.2) is 0 Å². The van der Waals surface area contributed by atoms with Gasteiger partial charge in [0.05, 0.1) is 5.56 Å². The summed E-state index contributed by atoms with van der Waals surface area (Å²) in [7, 11) is 3.88. The molecule has 0 N–H and O–H groups in total. The maximum Gasteiger partial charge on any atom is 0.413 e. The molecule has 2 aromatic carbocycles. The van der Waals surface area contributed by atoms with Crippen molar-refractivity contribution in [1.29, 1.82) is 0 Å². The molecule has 94 valence electrons. The van der Waals surface area contributed by atoms with Crippen LogP contribution >= 0.6 is 0 Å². The fraction of sp³-hybridized carbons (Fsp3) is 0.133. The Bertz CT molecular complexity index is 615. The summed E-state index contributed by atoms with van der Waals surface area (Å²) in [5.74, 6) is 0.0718. The first kappa shape index (κ1) is 11.8. The van der Waals surface area contributed by atoms with Crippen LogP contribution in [0.1, 0.15) is 10.4 Å². The minimum Gasteiger partial charge on any atom is -0.394 e. The molecule has 0 fully saturated rings. The van der Waals surface area contributed by atoms with Crippen LogP contribution in [0.5, 0.6) is 0 Å². The lowest BCUT2D eigenvalue weighted by Gasteiger charge is -2.39. The molecule has 1 aliphatic rings. The molecule has 0 spiro atoms. The number of benzene rings is 2. The first-order valence-electron chi connectivity index (χ1n) is 6.34. The Morgan fingerprint density at radius 2 is 1.47 bits per heavy atom. The van der Waals surface area contributed by atoms with Gasteiger partial charge in [0.2, 0.25) is 5.91 Å². The zero-order chi connectivity index (χ0) is 13.4. The van der Waals surface area contributed by atoms with E-state index in [1.165, 1.54) is 0 Å². The summed E-state index contributed by atoms with van der Waals surface area (Å²) in [6.45, 7) is -0.0522. The van der Waals surface area contributed by atoms with Gasteiger partial charge in [-0.15, -0.1) is 0 Å². The van der Waals surface area contributed by atoms with Gasteiger partial charge in [-0.2, -0.15) is 0 Å². The number of carbonyl (C=O) groups is 1. The molecule has 1 amide bonds. The topological polar surface area (TPSA) is 23.6 Å². The van der Waals surface area contributed by atoms with E-state index in [1.54, 1.807) is 4.81 Å². The molecule has 0 aliphatic carbocycles. The zero-order valence-electron chi connectivity index (χ0n) is 11.1. The first-order chi connectivity index (χ1) is 9.20. The van der Waals surface area contributed by atoms with E-state index in [-0.39, 0.29) is 12.9 Å². The van der Waals surface area contributed by atoms with Gasteiger partial charge < -0.3 is 9.62 Å². The van der Waals surface area contributed by atoms with E-state index < -0.39 is 0 Å². The summed E-state index contributed by atoms with van der Waals surface area (Å²) in [6.07, 6.45) is 0. The molecule has 0 unspecified atom stereocenters. The lowest BCUT2D eigenvalue weighted by atomic mass is 9.62. The molecule has 1 heterocycles. The molecule has 4 heteroatoms. The van der Waals surface area contributed by atoms with Crippen molar-refractivity contribution < 1.29 is 4.79 Å². The van der Waals surface area contributed by atoms with Gasteiger partial charge in [-0.1, -0.05) is 42.5 Å². The Hall–Kier alpha value is -2.23. The highest BCUT2D eigenvalue weighted by Crippen LogP contribution is 2.26. The van der Waals surface area contributed by atoms with E-state index in [4.69, 9.17) is 0 Å². The van der Waals surface area contributed by atoms with Crippen LogP contribution < -0.4 is 10.3 Å². The predicted molar refractivity (Wildman–Crippen MR) is 78.8 cm³/mol. The van der Waals surface area contributed by atoms with E-state index in [0.717, 1.165) is 16.7 Å². The summed E-state index contributed by atoms with van der Waals surface area (Å²) in [4.78, 5) is 16.4. The van der Waals surface area contributed by atoms with E-state index in [2.05, 4.69) is 16.9 Å². The number of rotatable bonds is 1. The highest BCUT2D eigenvalue weighted by Gasteiger charge is 2.38. The second kappa shape index (κ2) is 4.46. The molecular formula is C15H15BN2O. The lowest BCUT2D eigenvalue weighted by molar-refractivity contribution is 0.0874. The van der Waals surface area contributed by atoms with Crippen LogP contribution in [0.4, 0.5) is 5.69 Å². The standard InChI is InChI=1S/C15H15BN2O/c1-17-14-11-7-6-10-13(14)15(19)18(2)16(17)12-8-4-3-5-9-12/h3-11H,1-2H3. The minimum absolute atomic E-state index is 0.0522. The molecule has 3 rings (SSSR count). The third-order valence-electron chi connectivity index (χ3n) is 3.67. The molecule has 2 aromatic rings. The Balaban J connectivity index is 2.12. The molecule has 19 heavy (non-hydrogen) atoms. The molecule has 1 aliphatic heterocycles. The van der Waals surface area contributed by atoms with Crippen LogP contribution in [0.2, 0.25) is 0 Å². The number of fused-ring (bicyclic) bond motifs is 1. The average molecular weight is 250 g/mol. The van der Waals surface area contributed by atoms with E-state index in [0.29, 0.717) is 0 Å². The van der Waals surface area contributed by atoms with Crippen molar-refractivity contribution >= 4 is 24.0 Å². The number of anilines is 1. The Morgan fingerprint density at radius 1 is 0.842 bits per heavy atom. The van der Waals surface area contributed by atoms with Crippen LogP contribution in [0.25, 0.3) is 0 Å². The van der Waals surface area contributed by atoms with Gasteiger partial charge in [-0.3, -0.25) is 4.79 Å². The van der Waals surface area contributed by atoms with Gasteiger partial charge in [0.25, 0.3) is 0 Å². The average Bonchev–Trinajstić information content (AvgIpc) is 2.46. The highest BCUT2D eigenvalue weighted by atomic mass is 16.2. The molecule has 0 atom stereocenters. The van der Waals surface area contributed by atoms with Crippen LogP contribution in [-0.2, 0) is 0 Å². The van der Waals surface area contributed by atoms with Crippen molar-refractivity contribution in [1.82, 2.24) is 4.81 Å². The number of amides is 1. The number of nitrogens with zero attached hydrogens (tertiary/aromatic N) is 2. The van der Waals surface area contributed by atoms with Crippen LogP contribution in [0, 0.1) is 0 Å². The Kier molecular flexibility index (Phi) is 2.78. The van der Waals surface area contributed by atoms with Crippen LogP contribution in [0.3, 0.4) is 0 Å². The number of hydrogen-bond donors (Lipinski definition) is 0. The largest absolute Gasteiger partial charge is 0.413 e. The summed E-state index contributed by atoms with van der Waals surface area (Å²) < 4.78 is 0. The molecule has 0 bridgehead atoms. The monoisotopic (exact) mass is 250 g/mol. The SMILES string of the molecule is CN1B(c2ccccc2)N(C)c2ccccc2C1=O. The highest BCUT2D eigenvalue weighted by molar-refractivity contribution is 6.77. The zero-order valence-corrected chi connectivity index (χ0v) is 11.1. The Labute approximate surface area is 113 Å². The van der Waals surface area contributed by atoms with E-state index >= 15 is 0 Å². The third-order valence-corrected chi connectivity index (χ3v) is 3.67. The summed E-state index contributed by atoms with van der Waals surface area (Å²) in [5, 5.41) is 0. The van der Waals surface area contributed by atoms with Crippen molar-refractivity contribution in [3.63, 3.8) is 0 Å². The van der Waals surface area contributed by atoms with E-state index in [9.17, 15) is 4.79 Å². The first-order valence-corrected chi connectivity index (χ1v) is 6.34. The van der Waals surface area contributed by atoms with Crippen LogP contribution in [0.15, 0.2) is 54.6 Å². The van der Waals surface area contributed by atoms with Gasteiger partial charge in [-0.25, -0.2) is 0 Å². The lowest BCUT2D eigenvalue weighted by Crippen LogP contribution is -2.62. The van der Waals surface area contributed by atoms with Gasteiger partial charge >= 0.3 is 6.98 Å². The van der Waals surface area contributed by atoms with Gasteiger partial charge in [0, 0.05) is 5.69 Å². The van der Waals surface area contributed by atoms with Gasteiger partial charge in [0.1, 0.15) is 0 Å². The smallest absolute Gasteiger partial charge is 0.394 e. The maximum absolute atomic E-state index is 12.4. The van der Waals surface area contributed by atoms with Crippen molar-refractivity contribution in [3.05, 3.63) is 60.2 Å². The molecule has 0 saturated heterocycles. The second-order valence-electron chi connectivity index (χ2n) is 4.83. The molecule has 0 radical (unpaired) electrons. The Morgan fingerprint density at radius 3 is 2.21 bits per heavy atom. The fourth-order valence-corrected chi connectivity index (χ4v) is 2.73. The fourth-order valence-electron chi connectivity index (χ4n) is 2.73. The minimum atomic E-state index is -0.0522. The van der Waals surface area contributed by atoms with Crippen molar-refractivity contribution in [2.24, 2.45) is 0 Å². The molecule has 0 aromatic heterocycles. The third kappa shape index (κ3) is 1.80. The quantitative estimate of drug-likeness (QED) is 0.718. The summed E-state index contributed by atoms with van der Waals surface area (Å²) >= 11 is 0. The van der Waals surface area contributed by atoms with Crippen molar-refractivity contribution in [2.45, 2.75) is 0 Å². The van der Waals surface area contributed by atoms with Crippen LogP contribution in [-0.4, -0.2) is 31.8 Å².